The topological polar surface area (TPSA) is 67.2 Å². The molecule has 1 amide bonds. The van der Waals surface area contributed by atoms with Gasteiger partial charge < -0.3 is 9.80 Å². The van der Waals surface area contributed by atoms with Crippen LogP contribution in [-0.4, -0.2) is 67.7 Å². The molecule has 2 aromatic heterocycles. The van der Waals surface area contributed by atoms with E-state index in [1.807, 2.05) is 4.90 Å². The molecule has 2 aliphatic heterocycles. The molecule has 1 aromatic carbocycles. The third kappa shape index (κ3) is 4.67. The summed E-state index contributed by atoms with van der Waals surface area (Å²) in [5.74, 6) is -0.167. The third-order valence-electron chi connectivity index (χ3n) is 6.99. The van der Waals surface area contributed by atoms with Gasteiger partial charge in [0.15, 0.2) is 0 Å². The molecule has 2 saturated heterocycles. The van der Waals surface area contributed by atoms with Crippen LogP contribution >= 0.6 is 0 Å². The molecule has 0 saturated carbocycles. The average Bonchev–Trinajstić information content (AvgIpc) is 3.52. The Morgan fingerprint density at radius 3 is 2.37 bits per heavy atom. The van der Waals surface area contributed by atoms with Gasteiger partial charge in [-0.2, -0.15) is 18.3 Å². The molecular weight excluding hydrogens is 457 g/mol. The molecule has 7 nitrogen and oxygen atoms in total. The first kappa shape index (κ1) is 23.5. The lowest BCUT2D eigenvalue weighted by Crippen LogP contribution is -2.46. The van der Waals surface area contributed by atoms with Crippen molar-refractivity contribution in [2.75, 3.05) is 26.2 Å². The second-order valence-corrected chi connectivity index (χ2v) is 9.16. The van der Waals surface area contributed by atoms with E-state index in [0.29, 0.717) is 41.6 Å². The van der Waals surface area contributed by atoms with Crippen LogP contribution in [0.3, 0.4) is 0 Å². The second kappa shape index (κ2) is 9.41. The minimum absolute atomic E-state index is 0.167. The number of hydrogen-bond donors (Lipinski definition) is 0. The Morgan fingerprint density at radius 1 is 1.03 bits per heavy atom. The number of likely N-dealkylation sites (tertiary alicyclic amines) is 2. The van der Waals surface area contributed by atoms with E-state index in [2.05, 4.69) is 20.0 Å². The highest BCUT2D eigenvalue weighted by molar-refractivity contribution is 6.01. The van der Waals surface area contributed by atoms with Gasteiger partial charge in [0.1, 0.15) is 12.0 Å². The zero-order valence-electron chi connectivity index (χ0n) is 19.5. The van der Waals surface area contributed by atoms with Gasteiger partial charge in [-0.1, -0.05) is 6.07 Å². The van der Waals surface area contributed by atoms with Crippen molar-refractivity contribution in [3.05, 3.63) is 59.8 Å². The summed E-state index contributed by atoms with van der Waals surface area (Å²) in [5, 5.41) is 4.58. The number of piperidine rings is 1. The maximum Gasteiger partial charge on any atom is 0.416 e. The van der Waals surface area contributed by atoms with Crippen LogP contribution in [0.15, 0.2) is 43.0 Å². The Labute approximate surface area is 201 Å². The lowest BCUT2D eigenvalue weighted by molar-refractivity contribution is -0.137. The molecule has 2 aliphatic rings. The normalized spacial score (nSPS) is 17.8. The van der Waals surface area contributed by atoms with E-state index in [1.165, 1.54) is 29.9 Å². The molecule has 0 bridgehead atoms. The van der Waals surface area contributed by atoms with E-state index in [9.17, 15) is 18.0 Å². The molecule has 2 fully saturated rings. The number of rotatable bonds is 4. The van der Waals surface area contributed by atoms with Gasteiger partial charge in [-0.05, 0) is 63.9 Å². The van der Waals surface area contributed by atoms with Gasteiger partial charge in [-0.3, -0.25) is 4.79 Å². The Bertz CT molecular complexity index is 1200. The van der Waals surface area contributed by atoms with Crippen LogP contribution in [0.25, 0.3) is 16.9 Å². The Hall–Kier alpha value is -3.27. The Kier molecular flexibility index (Phi) is 6.31. The van der Waals surface area contributed by atoms with Gasteiger partial charge in [0.2, 0.25) is 0 Å². The van der Waals surface area contributed by atoms with Crippen LogP contribution in [0, 0.1) is 6.92 Å². The highest BCUT2D eigenvalue weighted by Gasteiger charge is 2.33. The predicted octanol–water partition coefficient (Wildman–Crippen LogP) is 4.36. The van der Waals surface area contributed by atoms with Crippen molar-refractivity contribution in [3.63, 3.8) is 0 Å². The number of alkyl halides is 3. The standard InChI is InChI=1S/C25H27F3N6O/c1-17-22(24(35)33-11-7-20(8-12-33)32-9-2-3-10-32)23(18-14-29-16-30-15-18)31-34(17)21-6-4-5-19(13-21)25(26,27)28/h4-6,13-16,20H,2-3,7-12H2,1H3. The van der Waals surface area contributed by atoms with Crippen LogP contribution in [0.4, 0.5) is 13.2 Å². The molecule has 5 rings (SSSR count). The number of halogens is 3. The van der Waals surface area contributed by atoms with Gasteiger partial charge in [0.05, 0.1) is 22.5 Å². The fourth-order valence-electron chi connectivity index (χ4n) is 5.15. The highest BCUT2D eigenvalue weighted by Crippen LogP contribution is 2.33. The van der Waals surface area contributed by atoms with E-state index in [-0.39, 0.29) is 11.6 Å². The van der Waals surface area contributed by atoms with Crippen molar-refractivity contribution in [2.24, 2.45) is 0 Å². The SMILES string of the molecule is Cc1c(C(=O)N2CCC(N3CCCC3)CC2)c(-c2cncnc2)nn1-c1cccc(C(F)(F)F)c1. The van der Waals surface area contributed by atoms with Crippen molar-refractivity contribution in [3.8, 4) is 16.9 Å². The van der Waals surface area contributed by atoms with E-state index in [4.69, 9.17) is 0 Å². The summed E-state index contributed by atoms with van der Waals surface area (Å²) in [6.07, 6.45) is 4.30. The van der Waals surface area contributed by atoms with Gasteiger partial charge in [-0.15, -0.1) is 0 Å². The van der Waals surface area contributed by atoms with Crippen LogP contribution in [-0.2, 0) is 6.18 Å². The fraction of sp³-hybridized carbons (Fsp3) is 0.440. The number of carbonyl (C=O) groups is 1. The molecular formula is C25H27F3N6O. The lowest BCUT2D eigenvalue weighted by Gasteiger charge is -2.36. The van der Waals surface area contributed by atoms with E-state index in [1.54, 1.807) is 25.4 Å². The van der Waals surface area contributed by atoms with Gasteiger partial charge in [0, 0.05) is 37.1 Å². The minimum Gasteiger partial charge on any atom is -0.338 e. The maximum absolute atomic E-state index is 13.8. The molecule has 3 aromatic rings. The Morgan fingerprint density at radius 2 is 1.71 bits per heavy atom. The molecule has 10 heteroatoms. The van der Waals surface area contributed by atoms with Crippen LogP contribution in [0.5, 0.6) is 0 Å². The number of hydrogen-bond acceptors (Lipinski definition) is 5. The van der Waals surface area contributed by atoms with Crippen molar-refractivity contribution >= 4 is 5.91 Å². The second-order valence-electron chi connectivity index (χ2n) is 9.16. The molecule has 0 N–H and O–H groups in total. The number of nitrogens with zero attached hydrogens (tertiary/aromatic N) is 6. The van der Waals surface area contributed by atoms with E-state index in [0.717, 1.165) is 38.1 Å². The van der Waals surface area contributed by atoms with Crippen molar-refractivity contribution in [2.45, 2.75) is 44.8 Å². The zero-order valence-corrected chi connectivity index (χ0v) is 19.5. The molecule has 35 heavy (non-hydrogen) atoms. The summed E-state index contributed by atoms with van der Waals surface area (Å²) < 4.78 is 41.4. The third-order valence-corrected chi connectivity index (χ3v) is 6.99. The first-order valence-corrected chi connectivity index (χ1v) is 11.9. The Balaban J connectivity index is 1.49. The monoisotopic (exact) mass is 484 g/mol. The maximum atomic E-state index is 13.8. The van der Waals surface area contributed by atoms with Crippen molar-refractivity contribution in [1.82, 2.24) is 29.5 Å². The average molecular weight is 485 g/mol. The first-order valence-electron chi connectivity index (χ1n) is 11.9. The molecule has 4 heterocycles. The number of carbonyl (C=O) groups excluding carboxylic acids is 1. The summed E-state index contributed by atoms with van der Waals surface area (Å²) >= 11 is 0. The van der Waals surface area contributed by atoms with E-state index >= 15 is 0 Å². The van der Waals surface area contributed by atoms with Crippen molar-refractivity contribution in [1.29, 1.82) is 0 Å². The van der Waals surface area contributed by atoms with Crippen molar-refractivity contribution < 1.29 is 18.0 Å². The highest BCUT2D eigenvalue weighted by atomic mass is 19.4. The molecule has 0 unspecified atom stereocenters. The number of aromatic nitrogens is 4. The smallest absolute Gasteiger partial charge is 0.338 e. The van der Waals surface area contributed by atoms with Gasteiger partial charge >= 0.3 is 6.18 Å². The molecule has 0 atom stereocenters. The van der Waals surface area contributed by atoms with Gasteiger partial charge in [0.25, 0.3) is 5.91 Å². The summed E-state index contributed by atoms with van der Waals surface area (Å²) in [7, 11) is 0. The van der Waals surface area contributed by atoms with Crippen LogP contribution in [0.1, 0.15) is 47.3 Å². The number of amides is 1. The van der Waals surface area contributed by atoms with E-state index < -0.39 is 11.7 Å². The molecule has 184 valence electrons. The quantitative estimate of drug-likeness (QED) is 0.551. The first-order chi connectivity index (χ1) is 16.8. The minimum atomic E-state index is -4.48. The number of benzene rings is 1. The predicted molar refractivity (Wildman–Crippen MR) is 124 cm³/mol. The summed E-state index contributed by atoms with van der Waals surface area (Å²) in [5.41, 5.74) is 1.23. The lowest BCUT2D eigenvalue weighted by atomic mass is 10.0. The largest absolute Gasteiger partial charge is 0.416 e. The fourth-order valence-corrected chi connectivity index (χ4v) is 5.15. The molecule has 0 radical (unpaired) electrons. The summed E-state index contributed by atoms with van der Waals surface area (Å²) in [6.45, 7) is 5.24. The van der Waals surface area contributed by atoms with Crippen LogP contribution < -0.4 is 0 Å². The van der Waals surface area contributed by atoms with Crippen LogP contribution in [0.2, 0.25) is 0 Å². The summed E-state index contributed by atoms with van der Waals surface area (Å²) in [6, 6.07) is 5.45. The molecule has 0 spiro atoms. The summed E-state index contributed by atoms with van der Waals surface area (Å²) in [4.78, 5) is 26.2. The molecule has 0 aliphatic carbocycles. The zero-order chi connectivity index (χ0) is 24.6. The van der Waals surface area contributed by atoms with Gasteiger partial charge in [-0.25, -0.2) is 14.6 Å².